The molecule has 0 fully saturated rings. The van der Waals surface area contributed by atoms with E-state index >= 15 is 0 Å². The van der Waals surface area contributed by atoms with Gasteiger partial charge in [0.05, 0.1) is 12.6 Å². The molecule has 2 N–H and O–H groups in total. The van der Waals surface area contributed by atoms with Gasteiger partial charge < -0.3 is 19.5 Å². The van der Waals surface area contributed by atoms with Crippen LogP contribution in [-0.4, -0.2) is 36.8 Å². The van der Waals surface area contributed by atoms with Crippen molar-refractivity contribution in [2.75, 3.05) is 12.4 Å². The van der Waals surface area contributed by atoms with Crippen LogP contribution >= 0.6 is 11.3 Å². The first-order valence-electron chi connectivity index (χ1n) is 13.5. The number of anilines is 1. The number of nitrogens with one attached hydrogen (secondary N) is 2. The minimum Gasteiger partial charge on any atom is -0.464 e. The zero-order chi connectivity index (χ0) is 33.7. The van der Waals surface area contributed by atoms with E-state index in [4.69, 9.17) is 4.74 Å². The summed E-state index contributed by atoms with van der Waals surface area (Å²) in [6, 6.07) is 17.0. The summed E-state index contributed by atoms with van der Waals surface area (Å²) in [5, 5.41) is 5.32. The third-order valence-electron chi connectivity index (χ3n) is 6.54. The van der Waals surface area contributed by atoms with Crippen molar-refractivity contribution in [3.05, 3.63) is 106 Å². The highest BCUT2D eigenvalue weighted by Crippen LogP contribution is 2.39. The van der Waals surface area contributed by atoms with E-state index in [1.807, 2.05) is 0 Å². The number of methoxy groups -OCH3 is 1. The van der Waals surface area contributed by atoms with Crippen molar-refractivity contribution in [1.29, 1.82) is 0 Å². The molecule has 244 valence electrons. The van der Waals surface area contributed by atoms with Crippen LogP contribution in [0.4, 0.5) is 36.3 Å². The lowest BCUT2D eigenvalue weighted by atomic mass is 9.77. The van der Waals surface area contributed by atoms with Crippen LogP contribution in [0.15, 0.2) is 78.9 Å². The molecule has 0 aliphatic carbocycles. The number of esters is 1. The number of ether oxygens (including phenoxy) is 3. The number of amides is 2. The second kappa shape index (κ2) is 13.7. The number of alkyl halides is 6. The summed E-state index contributed by atoms with van der Waals surface area (Å²) in [5.74, 6) is -2.15. The first-order chi connectivity index (χ1) is 21.6. The molecule has 0 bridgehead atoms. The van der Waals surface area contributed by atoms with Gasteiger partial charge in [0.25, 0.3) is 0 Å². The number of carbonyl (C=O) groups is 2. The Morgan fingerprint density at radius 1 is 0.826 bits per heavy atom. The van der Waals surface area contributed by atoms with Crippen molar-refractivity contribution in [2.45, 2.75) is 44.4 Å². The Kier molecular flexibility index (Phi) is 10.1. The van der Waals surface area contributed by atoms with Crippen molar-refractivity contribution in [3.8, 4) is 11.5 Å². The van der Waals surface area contributed by atoms with Crippen molar-refractivity contribution >= 4 is 28.5 Å². The van der Waals surface area contributed by atoms with E-state index in [1.165, 1.54) is 31.4 Å². The van der Waals surface area contributed by atoms with Crippen LogP contribution in [0, 0.1) is 0 Å². The number of halogens is 6. The lowest BCUT2D eigenvalue weighted by molar-refractivity contribution is -0.275. The Balaban J connectivity index is 1.88. The zero-order valence-corrected chi connectivity index (χ0v) is 25.3. The van der Waals surface area contributed by atoms with Crippen LogP contribution in [0.25, 0.3) is 0 Å². The average Bonchev–Trinajstić information content (AvgIpc) is 3.39. The van der Waals surface area contributed by atoms with E-state index in [0.29, 0.717) is 10.4 Å². The Hall–Kier alpha value is -4.79. The monoisotopic (exact) mass is 667 g/mol. The van der Waals surface area contributed by atoms with Gasteiger partial charge in [-0.2, -0.15) is 0 Å². The SMILES string of the molecule is COC(=O)c1nc(NC(=O)NC(Cc2ccccc2)(c2cccc(OC(F)(F)F)c2)c2cccc(OC(F)(F)F)c2)sc1C(C)C. The van der Waals surface area contributed by atoms with Crippen LogP contribution in [0.5, 0.6) is 11.5 Å². The van der Waals surface area contributed by atoms with Crippen LogP contribution in [0.2, 0.25) is 0 Å². The smallest absolute Gasteiger partial charge is 0.464 e. The maximum Gasteiger partial charge on any atom is 0.573 e. The summed E-state index contributed by atoms with van der Waals surface area (Å²) in [6.07, 6.45) is -10.3. The molecule has 0 aliphatic rings. The van der Waals surface area contributed by atoms with E-state index in [1.54, 1.807) is 44.2 Å². The van der Waals surface area contributed by atoms with Crippen LogP contribution in [-0.2, 0) is 16.7 Å². The van der Waals surface area contributed by atoms with Crippen LogP contribution < -0.4 is 20.1 Å². The Morgan fingerprint density at radius 2 is 1.37 bits per heavy atom. The minimum absolute atomic E-state index is 0.00137. The molecule has 4 aromatic rings. The second-order valence-corrected chi connectivity index (χ2v) is 11.2. The number of hydrogen-bond acceptors (Lipinski definition) is 7. The largest absolute Gasteiger partial charge is 0.573 e. The molecule has 0 saturated carbocycles. The summed E-state index contributed by atoms with van der Waals surface area (Å²) in [5.41, 5.74) is -1.19. The van der Waals surface area contributed by atoms with Gasteiger partial charge in [0, 0.05) is 11.3 Å². The number of thiazole rings is 1. The van der Waals surface area contributed by atoms with Gasteiger partial charge in [0.1, 0.15) is 11.5 Å². The van der Waals surface area contributed by atoms with Crippen LogP contribution in [0.1, 0.15) is 51.8 Å². The number of rotatable bonds is 10. The van der Waals surface area contributed by atoms with Gasteiger partial charge >= 0.3 is 24.7 Å². The standard InChI is InChI=1S/C31H27F6N3O5S/c1-18(2)25-24(26(41)43-3)38-28(46-25)39-27(42)40-29(17-19-9-5-4-6-10-19,20-11-7-13-22(15-20)44-30(32,33)34)21-12-8-14-23(16-21)45-31(35,36)37/h4-16,18H,17H2,1-3H3,(H2,38,39,40,42). The van der Waals surface area contributed by atoms with Crippen molar-refractivity contribution in [2.24, 2.45) is 0 Å². The fraction of sp³-hybridized carbons (Fsp3) is 0.258. The first-order valence-corrected chi connectivity index (χ1v) is 14.3. The number of benzene rings is 3. The fourth-order valence-corrected chi connectivity index (χ4v) is 5.67. The normalized spacial score (nSPS) is 12.0. The molecule has 0 spiro atoms. The van der Waals surface area contributed by atoms with E-state index in [0.717, 1.165) is 35.6 Å². The minimum atomic E-state index is -5.05. The van der Waals surface area contributed by atoms with Gasteiger partial charge in [-0.3, -0.25) is 5.32 Å². The molecular weight excluding hydrogens is 640 g/mol. The highest BCUT2D eigenvalue weighted by molar-refractivity contribution is 7.16. The molecule has 0 aliphatic heterocycles. The lowest BCUT2D eigenvalue weighted by Crippen LogP contribution is -2.50. The van der Waals surface area contributed by atoms with E-state index in [2.05, 4.69) is 25.1 Å². The summed E-state index contributed by atoms with van der Waals surface area (Å²) >= 11 is 1.00. The molecule has 0 saturated heterocycles. The first kappa shape index (κ1) is 34.1. The maximum atomic E-state index is 13.7. The molecular formula is C31H27F6N3O5S. The third kappa shape index (κ3) is 8.68. The summed E-state index contributed by atoms with van der Waals surface area (Å²) in [4.78, 5) is 30.8. The van der Waals surface area contributed by atoms with Gasteiger partial charge in [-0.15, -0.1) is 37.7 Å². The lowest BCUT2D eigenvalue weighted by Gasteiger charge is -2.37. The zero-order valence-electron chi connectivity index (χ0n) is 24.5. The van der Waals surface area contributed by atoms with E-state index in [-0.39, 0.29) is 34.3 Å². The summed E-state index contributed by atoms with van der Waals surface area (Å²) < 4.78 is 92.3. The maximum absolute atomic E-state index is 13.7. The Labute approximate surface area is 263 Å². The highest BCUT2D eigenvalue weighted by atomic mass is 32.1. The van der Waals surface area contributed by atoms with Gasteiger partial charge in [-0.05, 0) is 46.9 Å². The van der Waals surface area contributed by atoms with Crippen LogP contribution in [0.3, 0.4) is 0 Å². The topological polar surface area (TPSA) is 98.8 Å². The average molecular weight is 668 g/mol. The van der Waals surface area contributed by atoms with Crippen molar-refractivity contribution in [1.82, 2.24) is 10.3 Å². The number of nitrogens with zero attached hydrogens (tertiary/aromatic N) is 1. The predicted octanol–water partition coefficient (Wildman–Crippen LogP) is 8.16. The molecule has 1 heterocycles. The molecule has 1 aromatic heterocycles. The molecule has 0 atom stereocenters. The quantitative estimate of drug-likeness (QED) is 0.131. The van der Waals surface area contributed by atoms with Gasteiger partial charge in [-0.25, -0.2) is 14.6 Å². The summed E-state index contributed by atoms with van der Waals surface area (Å²) in [6.45, 7) is 3.61. The molecule has 3 aromatic carbocycles. The number of urea groups is 1. The van der Waals surface area contributed by atoms with Gasteiger partial charge in [-0.1, -0.05) is 68.4 Å². The molecule has 46 heavy (non-hydrogen) atoms. The molecule has 0 radical (unpaired) electrons. The number of carbonyl (C=O) groups excluding carboxylic acids is 2. The molecule has 15 heteroatoms. The molecule has 8 nitrogen and oxygen atoms in total. The number of aromatic nitrogens is 1. The number of hydrogen-bond donors (Lipinski definition) is 2. The third-order valence-corrected chi connectivity index (χ3v) is 7.81. The van der Waals surface area contributed by atoms with E-state index < -0.39 is 41.8 Å². The summed E-state index contributed by atoms with van der Waals surface area (Å²) in [7, 11) is 1.18. The molecule has 4 rings (SSSR count). The Morgan fingerprint density at radius 3 is 1.85 bits per heavy atom. The highest BCUT2D eigenvalue weighted by Gasteiger charge is 2.39. The molecule has 0 unspecified atom stereocenters. The Bertz CT molecular complexity index is 1620. The van der Waals surface area contributed by atoms with Gasteiger partial charge in [0.15, 0.2) is 10.8 Å². The second-order valence-electron chi connectivity index (χ2n) is 10.2. The fourth-order valence-electron chi connectivity index (χ4n) is 4.72. The predicted molar refractivity (Wildman–Crippen MR) is 157 cm³/mol. The van der Waals surface area contributed by atoms with E-state index in [9.17, 15) is 35.9 Å². The van der Waals surface area contributed by atoms with Gasteiger partial charge in [0.2, 0.25) is 0 Å². The van der Waals surface area contributed by atoms with Crippen molar-refractivity contribution < 1.29 is 50.1 Å². The molecule has 2 amide bonds. The van der Waals surface area contributed by atoms with Crippen molar-refractivity contribution in [3.63, 3.8) is 0 Å².